The average molecular weight is 303 g/mol. The van der Waals surface area contributed by atoms with Crippen LogP contribution in [0.1, 0.15) is 25.3 Å². The summed E-state index contributed by atoms with van der Waals surface area (Å²) in [5.41, 5.74) is 6.64. The van der Waals surface area contributed by atoms with Crippen LogP contribution in [0.3, 0.4) is 0 Å². The topological polar surface area (TPSA) is 63.4 Å². The van der Waals surface area contributed by atoms with E-state index in [4.69, 9.17) is 17.3 Å². The molecule has 2 rings (SSSR count). The highest BCUT2D eigenvalue weighted by Crippen LogP contribution is 2.30. The highest BCUT2D eigenvalue weighted by Gasteiger charge is 2.34. The Morgan fingerprint density at radius 3 is 2.74 bits per heavy atom. The summed E-state index contributed by atoms with van der Waals surface area (Å²) in [5.74, 6) is 0. The van der Waals surface area contributed by atoms with Crippen LogP contribution in [0.15, 0.2) is 23.1 Å². The molecular formula is C13H19ClN2O2S. The van der Waals surface area contributed by atoms with E-state index in [0.29, 0.717) is 24.4 Å². The molecule has 106 valence electrons. The van der Waals surface area contributed by atoms with Crippen LogP contribution in [-0.2, 0) is 10.0 Å². The minimum atomic E-state index is -3.54. The van der Waals surface area contributed by atoms with Gasteiger partial charge in [0.1, 0.15) is 4.90 Å². The van der Waals surface area contributed by atoms with Crippen molar-refractivity contribution in [2.75, 3.05) is 6.54 Å². The van der Waals surface area contributed by atoms with Gasteiger partial charge in [0.05, 0.1) is 5.02 Å². The van der Waals surface area contributed by atoms with Crippen molar-refractivity contribution in [3.8, 4) is 0 Å². The lowest BCUT2D eigenvalue weighted by molar-refractivity contribution is 0.247. The number of sulfonamides is 1. The molecule has 2 atom stereocenters. The largest absolute Gasteiger partial charge is 0.328 e. The second-order valence-corrected chi connectivity index (χ2v) is 7.37. The highest BCUT2D eigenvalue weighted by atomic mass is 35.5. The zero-order chi connectivity index (χ0) is 14.2. The Labute approximate surface area is 119 Å². The van der Waals surface area contributed by atoms with Crippen molar-refractivity contribution in [2.24, 2.45) is 5.73 Å². The van der Waals surface area contributed by atoms with Crippen LogP contribution in [0, 0.1) is 6.92 Å². The summed E-state index contributed by atoms with van der Waals surface area (Å²) in [5, 5.41) is 0.310. The van der Waals surface area contributed by atoms with E-state index in [-0.39, 0.29) is 17.0 Å². The number of piperidine rings is 1. The molecule has 6 heteroatoms. The van der Waals surface area contributed by atoms with Gasteiger partial charge in [-0.1, -0.05) is 23.7 Å². The lowest BCUT2D eigenvalue weighted by Crippen LogP contribution is -2.48. The lowest BCUT2D eigenvalue weighted by Gasteiger charge is -2.35. The van der Waals surface area contributed by atoms with Gasteiger partial charge in [0, 0.05) is 18.6 Å². The number of nitrogens with two attached hydrogens (primary N) is 1. The smallest absolute Gasteiger partial charge is 0.244 e. The summed E-state index contributed by atoms with van der Waals surface area (Å²) in [4.78, 5) is 0.191. The molecule has 0 radical (unpaired) electrons. The van der Waals surface area contributed by atoms with Crippen molar-refractivity contribution in [1.82, 2.24) is 4.31 Å². The van der Waals surface area contributed by atoms with Crippen LogP contribution in [-0.4, -0.2) is 31.4 Å². The molecule has 1 fully saturated rings. The minimum Gasteiger partial charge on any atom is -0.328 e. The number of nitrogens with zero attached hydrogens (tertiary/aromatic N) is 1. The number of aryl methyl sites for hydroxylation is 1. The summed E-state index contributed by atoms with van der Waals surface area (Å²) in [7, 11) is -3.54. The minimum absolute atomic E-state index is 0.0782. The van der Waals surface area contributed by atoms with Gasteiger partial charge in [-0.2, -0.15) is 4.31 Å². The Bertz CT molecular complexity index is 574. The van der Waals surface area contributed by atoms with Gasteiger partial charge in [0.2, 0.25) is 10.0 Å². The molecule has 0 aliphatic carbocycles. The van der Waals surface area contributed by atoms with Gasteiger partial charge in [-0.15, -0.1) is 0 Å². The van der Waals surface area contributed by atoms with Gasteiger partial charge in [-0.25, -0.2) is 8.42 Å². The van der Waals surface area contributed by atoms with Crippen LogP contribution in [0.4, 0.5) is 0 Å². The van der Waals surface area contributed by atoms with Gasteiger partial charge in [-0.05, 0) is 38.3 Å². The van der Waals surface area contributed by atoms with Crippen LogP contribution in [0.2, 0.25) is 5.02 Å². The number of benzene rings is 1. The Morgan fingerprint density at radius 2 is 2.11 bits per heavy atom. The maximum atomic E-state index is 12.7. The summed E-state index contributed by atoms with van der Waals surface area (Å²) in [6.07, 6.45) is 1.37. The van der Waals surface area contributed by atoms with E-state index in [1.54, 1.807) is 25.1 Å². The normalized spacial score (nSPS) is 25.5. The second kappa shape index (κ2) is 5.40. The lowest BCUT2D eigenvalue weighted by atomic mass is 10.0. The van der Waals surface area contributed by atoms with Gasteiger partial charge in [0.15, 0.2) is 0 Å². The summed E-state index contributed by atoms with van der Waals surface area (Å²) in [6, 6.07) is 5.07. The van der Waals surface area contributed by atoms with Crippen molar-refractivity contribution in [3.05, 3.63) is 28.8 Å². The van der Waals surface area contributed by atoms with Crippen molar-refractivity contribution >= 4 is 21.6 Å². The first-order chi connectivity index (χ1) is 8.84. The molecule has 0 aromatic heterocycles. The number of halogens is 1. The third kappa shape index (κ3) is 2.79. The van der Waals surface area contributed by atoms with E-state index in [1.807, 2.05) is 6.92 Å². The maximum absolute atomic E-state index is 12.7. The third-order valence-electron chi connectivity index (χ3n) is 3.60. The molecule has 4 nitrogen and oxygen atoms in total. The van der Waals surface area contributed by atoms with E-state index in [9.17, 15) is 8.42 Å². The van der Waals surface area contributed by atoms with Crippen LogP contribution in [0.25, 0.3) is 0 Å². The van der Waals surface area contributed by atoms with Gasteiger partial charge >= 0.3 is 0 Å². The molecule has 1 aliphatic heterocycles. The Balaban J connectivity index is 2.40. The number of hydrogen-bond donors (Lipinski definition) is 1. The van der Waals surface area contributed by atoms with Gasteiger partial charge < -0.3 is 5.73 Å². The van der Waals surface area contributed by atoms with Crippen LogP contribution in [0.5, 0.6) is 0 Å². The standard InChI is InChI=1S/C13H19ClN2O2S/c1-9-4-3-5-12(13(9)14)19(17,18)16-7-6-11(15)8-10(16)2/h3-5,10-11H,6-8,15H2,1-2H3. The summed E-state index contributed by atoms with van der Waals surface area (Å²) >= 11 is 6.14. The quantitative estimate of drug-likeness (QED) is 0.910. The number of hydrogen-bond acceptors (Lipinski definition) is 3. The molecule has 1 aromatic rings. The molecule has 19 heavy (non-hydrogen) atoms. The molecule has 1 heterocycles. The molecule has 0 amide bonds. The molecule has 2 unspecified atom stereocenters. The molecule has 0 spiro atoms. The fourth-order valence-electron chi connectivity index (χ4n) is 2.49. The monoisotopic (exact) mass is 302 g/mol. The zero-order valence-corrected chi connectivity index (χ0v) is 12.7. The molecular weight excluding hydrogens is 284 g/mol. The first-order valence-corrected chi connectivity index (χ1v) is 8.18. The first kappa shape index (κ1) is 14.8. The molecule has 0 bridgehead atoms. The van der Waals surface area contributed by atoms with E-state index < -0.39 is 10.0 Å². The van der Waals surface area contributed by atoms with Crippen LogP contribution < -0.4 is 5.73 Å². The predicted octanol–water partition coefficient (Wildman–Crippen LogP) is 2.15. The van der Waals surface area contributed by atoms with Crippen molar-refractivity contribution < 1.29 is 8.42 Å². The highest BCUT2D eigenvalue weighted by molar-refractivity contribution is 7.89. The molecule has 1 saturated heterocycles. The van der Waals surface area contributed by atoms with Crippen molar-refractivity contribution in [1.29, 1.82) is 0 Å². The predicted molar refractivity (Wildman–Crippen MR) is 76.8 cm³/mol. The van der Waals surface area contributed by atoms with Crippen LogP contribution >= 0.6 is 11.6 Å². The summed E-state index contributed by atoms with van der Waals surface area (Å²) < 4.78 is 26.9. The first-order valence-electron chi connectivity index (χ1n) is 6.36. The van der Waals surface area contributed by atoms with E-state index in [1.165, 1.54) is 4.31 Å². The van der Waals surface area contributed by atoms with E-state index in [2.05, 4.69) is 0 Å². The Kier molecular flexibility index (Phi) is 4.20. The Morgan fingerprint density at radius 1 is 1.42 bits per heavy atom. The fourth-order valence-corrected chi connectivity index (χ4v) is 4.70. The van der Waals surface area contributed by atoms with E-state index in [0.717, 1.165) is 5.56 Å². The average Bonchev–Trinajstić information content (AvgIpc) is 2.31. The van der Waals surface area contributed by atoms with Gasteiger partial charge in [0.25, 0.3) is 0 Å². The van der Waals surface area contributed by atoms with E-state index >= 15 is 0 Å². The molecule has 1 aliphatic rings. The Hall–Kier alpha value is -0.620. The number of rotatable bonds is 2. The zero-order valence-electron chi connectivity index (χ0n) is 11.1. The molecule has 0 saturated carbocycles. The van der Waals surface area contributed by atoms with Crippen molar-refractivity contribution in [3.63, 3.8) is 0 Å². The van der Waals surface area contributed by atoms with Gasteiger partial charge in [-0.3, -0.25) is 0 Å². The second-order valence-electron chi connectivity index (χ2n) is 5.14. The molecule has 2 N–H and O–H groups in total. The fraction of sp³-hybridized carbons (Fsp3) is 0.538. The summed E-state index contributed by atoms with van der Waals surface area (Å²) in [6.45, 7) is 4.14. The molecule has 1 aromatic carbocycles. The van der Waals surface area contributed by atoms with Crippen molar-refractivity contribution in [2.45, 2.75) is 43.7 Å². The maximum Gasteiger partial charge on any atom is 0.244 e. The third-order valence-corrected chi connectivity index (χ3v) is 6.27. The SMILES string of the molecule is Cc1cccc(S(=O)(=O)N2CCC(N)CC2C)c1Cl.